The van der Waals surface area contributed by atoms with Gasteiger partial charge in [0, 0.05) is 38.3 Å². The van der Waals surface area contributed by atoms with Crippen molar-refractivity contribution >= 4 is 40.6 Å². The highest BCUT2D eigenvalue weighted by molar-refractivity contribution is 6.21. The number of phenols is 1. The number of ketones is 2. The Hall–Kier alpha value is -4.02. The van der Waals surface area contributed by atoms with E-state index in [0.717, 1.165) is 0 Å². The molecule has 3 aliphatic carbocycles. The Morgan fingerprint density at radius 2 is 1.86 bits per heavy atom. The number of Topliss-reactive ketones (excluding diaryl/α,β-unsaturated/α-hetero) is 2. The molecular formula is C26H33N5O6. The first-order valence-corrected chi connectivity index (χ1v) is 12.2. The molecule has 0 aromatic heterocycles. The Labute approximate surface area is 214 Å². The Bertz CT molecular complexity index is 1290. The topological polar surface area (TPSA) is 192 Å². The molecule has 3 atom stereocenters. The lowest BCUT2D eigenvalue weighted by molar-refractivity contribution is -0.127. The molecule has 1 saturated carbocycles. The third kappa shape index (κ3) is 4.38. The molecule has 0 aliphatic heterocycles. The fourth-order valence-corrected chi connectivity index (χ4v) is 5.64. The number of nitrogens with zero attached hydrogens (tertiary/aromatic N) is 2. The number of guanidine groups is 1. The van der Waals surface area contributed by atoms with Gasteiger partial charge in [0.25, 0.3) is 5.91 Å². The summed E-state index contributed by atoms with van der Waals surface area (Å²) >= 11 is 0. The molecule has 0 bridgehead atoms. The van der Waals surface area contributed by atoms with E-state index in [-0.39, 0.29) is 40.9 Å². The number of hydrogen-bond donors (Lipinski definition) is 6. The number of allylic oxidation sites excluding steroid dienone is 2. The van der Waals surface area contributed by atoms with E-state index < -0.39 is 52.3 Å². The summed E-state index contributed by atoms with van der Waals surface area (Å²) in [5, 5.41) is 36.2. The summed E-state index contributed by atoms with van der Waals surface area (Å²) in [6.45, 7) is 4.46. The highest BCUT2D eigenvalue weighted by Gasteiger charge is 2.51. The molecule has 1 aromatic carbocycles. The SMILES string of the molecule is CC(C)CN=C(N)Nc1cc(N(C)C)c2c(c1O)C(O)=C1C(=O)C3C(O)=C(C(N)=O)C(=O)CC3CC1C2. The van der Waals surface area contributed by atoms with Gasteiger partial charge in [-0.25, -0.2) is 0 Å². The predicted octanol–water partition coefficient (Wildman–Crippen LogP) is 1.76. The molecule has 1 amide bonds. The van der Waals surface area contributed by atoms with Crippen molar-refractivity contribution in [2.75, 3.05) is 30.9 Å². The minimum atomic E-state index is -1.16. The summed E-state index contributed by atoms with van der Waals surface area (Å²) in [6.07, 6.45) is 0.558. The molecule has 8 N–H and O–H groups in total. The van der Waals surface area contributed by atoms with E-state index >= 15 is 0 Å². The van der Waals surface area contributed by atoms with E-state index in [9.17, 15) is 29.7 Å². The van der Waals surface area contributed by atoms with E-state index in [4.69, 9.17) is 11.5 Å². The van der Waals surface area contributed by atoms with Gasteiger partial charge in [-0.05, 0) is 42.2 Å². The molecule has 3 aliphatic rings. The summed E-state index contributed by atoms with van der Waals surface area (Å²) < 4.78 is 0. The van der Waals surface area contributed by atoms with Gasteiger partial charge in [-0.3, -0.25) is 19.4 Å². The van der Waals surface area contributed by atoms with E-state index in [1.54, 1.807) is 6.07 Å². The van der Waals surface area contributed by atoms with E-state index in [1.807, 2.05) is 32.8 Å². The second-order valence-corrected chi connectivity index (χ2v) is 10.5. The zero-order valence-electron chi connectivity index (χ0n) is 21.3. The number of aliphatic imine (C=N–C) groups is 1. The van der Waals surface area contributed by atoms with Crippen LogP contribution in [0.15, 0.2) is 28.0 Å². The number of carbonyl (C=O) groups is 3. The number of amides is 1. The van der Waals surface area contributed by atoms with Gasteiger partial charge < -0.3 is 37.0 Å². The van der Waals surface area contributed by atoms with E-state index in [0.29, 0.717) is 30.6 Å². The van der Waals surface area contributed by atoms with Crippen LogP contribution in [0.25, 0.3) is 5.76 Å². The zero-order chi connectivity index (χ0) is 27.3. The van der Waals surface area contributed by atoms with Crippen molar-refractivity contribution in [3.05, 3.63) is 34.1 Å². The van der Waals surface area contributed by atoms with Crippen LogP contribution in [0.4, 0.5) is 11.4 Å². The third-order valence-corrected chi connectivity index (χ3v) is 7.24. The van der Waals surface area contributed by atoms with Crippen LogP contribution in [0.2, 0.25) is 0 Å². The monoisotopic (exact) mass is 511 g/mol. The molecular weight excluding hydrogens is 478 g/mol. The van der Waals surface area contributed by atoms with Gasteiger partial charge in [0.2, 0.25) is 0 Å². The number of aromatic hydroxyl groups is 1. The van der Waals surface area contributed by atoms with Gasteiger partial charge >= 0.3 is 0 Å². The van der Waals surface area contributed by atoms with Gasteiger partial charge in [-0.2, -0.15) is 0 Å². The first-order chi connectivity index (χ1) is 17.3. The number of carbonyl (C=O) groups excluding carboxylic acids is 3. The lowest BCUT2D eigenvalue weighted by Crippen LogP contribution is -2.44. The second-order valence-electron chi connectivity index (χ2n) is 10.5. The molecule has 0 saturated heterocycles. The average molecular weight is 512 g/mol. The molecule has 198 valence electrons. The number of primary amides is 1. The maximum Gasteiger partial charge on any atom is 0.255 e. The average Bonchev–Trinajstić information content (AvgIpc) is 2.78. The summed E-state index contributed by atoms with van der Waals surface area (Å²) in [5.74, 6) is -5.38. The van der Waals surface area contributed by atoms with Crippen LogP contribution in [0.5, 0.6) is 5.75 Å². The first-order valence-electron chi connectivity index (χ1n) is 12.2. The molecule has 1 fully saturated rings. The lowest BCUT2D eigenvalue weighted by Gasteiger charge is -2.41. The van der Waals surface area contributed by atoms with Crippen LogP contribution >= 0.6 is 0 Å². The smallest absolute Gasteiger partial charge is 0.255 e. The van der Waals surface area contributed by atoms with Crippen molar-refractivity contribution in [2.45, 2.75) is 33.1 Å². The van der Waals surface area contributed by atoms with Crippen molar-refractivity contribution in [3.8, 4) is 5.75 Å². The number of aliphatic hydroxyl groups excluding tert-OH is 2. The van der Waals surface area contributed by atoms with Crippen molar-refractivity contribution in [3.63, 3.8) is 0 Å². The van der Waals surface area contributed by atoms with E-state index in [2.05, 4.69) is 10.3 Å². The quantitative estimate of drug-likeness (QED) is 0.148. The lowest BCUT2D eigenvalue weighted by atomic mass is 9.61. The van der Waals surface area contributed by atoms with Crippen molar-refractivity contribution in [1.29, 1.82) is 0 Å². The summed E-state index contributed by atoms with van der Waals surface area (Å²) in [5.41, 5.74) is 12.4. The Balaban J connectivity index is 1.85. The highest BCUT2D eigenvalue weighted by Crippen LogP contribution is 2.52. The molecule has 3 unspecified atom stereocenters. The van der Waals surface area contributed by atoms with Crippen molar-refractivity contribution in [2.24, 2.45) is 40.1 Å². The number of anilines is 2. The fourth-order valence-electron chi connectivity index (χ4n) is 5.64. The molecule has 37 heavy (non-hydrogen) atoms. The summed E-state index contributed by atoms with van der Waals surface area (Å²) in [7, 11) is 3.64. The number of rotatable bonds is 5. The summed E-state index contributed by atoms with van der Waals surface area (Å²) in [6, 6.07) is 1.70. The summed E-state index contributed by atoms with van der Waals surface area (Å²) in [4.78, 5) is 43.9. The van der Waals surface area contributed by atoms with Crippen LogP contribution in [-0.4, -0.2) is 59.4 Å². The van der Waals surface area contributed by atoms with Crippen LogP contribution in [0, 0.1) is 23.7 Å². The van der Waals surface area contributed by atoms with Crippen LogP contribution in [0.1, 0.15) is 37.8 Å². The first kappa shape index (κ1) is 26.1. The van der Waals surface area contributed by atoms with Crippen molar-refractivity contribution in [1.82, 2.24) is 0 Å². The van der Waals surface area contributed by atoms with Crippen LogP contribution < -0.4 is 21.7 Å². The largest absolute Gasteiger partial charge is 0.511 e. The molecule has 0 spiro atoms. The standard InChI is InChI=1S/C26H33N5O6/c1-10(2)9-29-26(28)30-14-8-15(31(3)4)13-6-11-5-12-7-16(32)20(25(27)37)24(36)18(12)22(34)17(11)23(35)19(13)21(14)33/h8,10-12,18,33,35-36H,5-7,9H2,1-4H3,(H2,27,37)(H3,28,29,30). The Morgan fingerprint density at radius 3 is 2.46 bits per heavy atom. The highest BCUT2D eigenvalue weighted by atomic mass is 16.3. The minimum Gasteiger partial charge on any atom is -0.511 e. The van der Waals surface area contributed by atoms with Gasteiger partial charge in [0.05, 0.1) is 17.2 Å². The van der Waals surface area contributed by atoms with Crippen LogP contribution in [0.3, 0.4) is 0 Å². The Kier molecular flexibility index (Phi) is 6.66. The predicted molar refractivity (Wildman–Crippen MR) is 139 cm³/mol. The number of hydrogen-bond acceptors (Lipinski definition) is 8. The van der Waals surface area contributed by atoms with Gasteiger partial charge in [-0.1, -0.05) is 13.8 Å². The van der Waals surface area contributed by atoms with Crippen LogP contribution in [-0.2, 0) is 20.8 Å². The minimum absolute atomic E-state index is 0.0528. The van der Waals surface area contributed by atoms with Gasteiger partial charge in [-0.15, -0.1) is 0 Å². The number of phenolic OH excluding ortho intramolecular Hbond substituents is 1. The van der Waals surface area contributed by atoms with E-state index in [1.165, 1.54) is 0 Å². The number of nitrogens with one attached hydrogen (secondary N) is 1. The number of benzene rings is 1. The third-order valence-electron chi connectivity index (χ3n) is 7.24. The van der Waals surface area contributed by atoms with Crippen molar-refractivity contribution < 1.29 is 29.7 Å². The van der Waals surface area contributed by atoms with Gasteiger partial charge in [0.1, 0.15) is 22.8 Å². The Morgan fingerprint density at radius 1 is 1.19 bits per heavy atom. The fraction of sp³-hybridized carbons (Fsp3) is 0.462. The maximum absolute atomic E-state index is 13.6. The van der Waals surface area contributed by atoms with Gasteiger partial charge in [0.15, 0.2) is 17.5 Å². The normalized spacial score (nSPS) is 23.6. The molecule has 4 rings (SSSR count). The molecule has 0 radical (unpaired) electrons. The number of aliphatic hydroxyl groups is 2. The molecule has 1 aromatic rings. The second kappa shape index (κ2) is 9.45. The zero-order valence-corrected chi connectivity index (χ0v) is 21.3. The number of nitrogens with two attached hydrogens (primary N) is 2. The maximum atomic E-state index is 13.6. The number of fused-ring (bicyclic) bond motifs is 3. The molecule has 0 heterocycles. The molecule has 11 nitrogen and oxygen atoms in total. The molecule has 11 heteroatoms.